The van der Waals surface area contributed by atoms with Crippen LogP contribution in [-0.2, 0) is 20.0 Å². The number of nitrogens with one attached hydrogen (secondary N) is 1. The van der Waals surface area contributed by atoms with Gasteiger partial charge >= 0.3 is 0 Å². The standard InChI is InChI=1S/C17H18ClFN2O4S2/c1-12-4-7-15(19)17(10-12)26(22,23)20-13-5-6-14(18)16(11-13)27(24,25)21-8-2-3-9-21/h4-7,10-11,20H,2-3,8-9H2,1H3. The fourth-order valence-corrected chi connectivity index (χ4v) is 6.09. The van der Waals surface area contributed by atoms with Crippen molar-refractivity contribution < 1.29 is 21.2 Å². The lowest BCUT2D eigenvalue weighted by atomic mass is 10.2. The predicted molar refractivity (Wildman–Crippen MR) is 101 cm³/mol. The molecule has 2 aromatic carbocycles. The number of anilines is 1. The lowest BCUT2D eigenvalue weighted by Crippen LogP contribution is -2.28. The van der Waals surface area contributed by atoms with E-state index in [0.29, 0.717) is 18.7 Å². The van der Waals surface area contributed by atoms with Crippen molar-refractivity contribution in [1.82, 2.24) is 4.31 Å². The lowest BCUT2D eigenvalue weighted by Gasteiger charge is -2.17. The maximum atomic E-state index is 14.0. The SMILES string of the molecule is Cc1ccc(F)c(S(=O)(=O)Nc2ccc(Cl)c(S(=O)(=O)N3CCCC3)c2)c1. The Morgan fingerprint density at radius 1 is 1.00 bits per heavy atom. The van der Waals surface area contributed by atoms with Crippen LogP contribution in [0.25, 0.3) is 0 Å². The third-order valence-electron chi connectivity index (χ3n) is 4.24. The van der Waals surface area contributed by atoms with Crippen LogP contribution < -0.4 is 4.72 Å². The number of rotatable bonds is 5. The zero-order valence-corrected chi connectivity index (χ0v) is 16.8. The van der Waals surface area contributed by atoms with E-state index >= 15 is 0 Å². The average molecular weight is 433 g/mol. The van der Waals surface area contributed by atoms with Gasteiger partial charge < -0.3 is 0 Å². The van der Waals surface area contributed by atoms with Crippen LogP contribution in [0.15, 0.2) is 46.2 Å². The highest BCUT2D eigenvalue weighted by molar-refractivity contribution is 7.92. The summed E-state index contributed by atoms with van der Waals surface area (Å²) in [5, 5.41) is -0.00779. The molecule has 1 fully saturated rings. The van der Waals surface area contributed by atoms with E-state index in [0.717, 1.165) is 25.0 Å². The molecule has 1 aliphatic heterocycles. The number of sulfonamides is 2. The Balaban J connectivity index is 1.98. The highest BCUT2D eigenvalue weighted by atomic mass is 35.5. The van der Waals surface area contributed by atoms with Gasteiger partial charge in [0.1, 0.15) is 15.6 Å². The van der Waals surface area contributed by atoms with Gasteiger partial charge in [-0.2, -0.15) is 4.31 Å². The van der Waals surface area contributed by atoms with Crippen molar-refractivity contribution in [2.24, 2.45) is 0 Å². The van der Waals surface area contributed by atoms with Gasteiger partial charge in [-0.25, -0.2) is 21.2 Å². The van der Waals surface area contributed by atoms with Gasteiger partial charge in [0.15, 0.2) is 0 Å². The fourth-order valence-electron chi connectivity index (χ4n) is 2.86. The first-order valence-corrected chi connectivity index (χ1v) is 11.5. The van der Waals surface area contributed by atoms with Crippen molar-refractivity contribution in [3.8, 4) is 0 Å². The van der Waals surface area contributed by atoms with Crippen LogP contribution in [0.4, 0.5) is 10.1 Å². The molecule has 0 atom stereocenters. The third-order valence-corrected chi connectivity index (χ3v) is 8.02. The van der Waals surface area contributed by atoms with E-state index < -0.39 is 30.8 Å². The van der Waals surface area contributed by atoms with Gasteiger partial charge in [0.25, 0.3) is 10.0 Å². The molecule has 146 valence electrons. The molecule has 27 heavy (non-hydrogen) atoms. The first-order valence-electron chi connectivity index (χ1n) is 8.20. The summed E-state index contributed by atoms with van der Waals surface area (Å²) < 4.78 is 68.1. The summed E-state index contributed by atoms with van der Waals surface area (Å²) in [6, 6.07) is 7.51. The molecule has 0 radical (unpaired) electrons. The zero-order chi connectivity index (χ0) is 19.8. The first kappa shape index (κ1) is 20.1. The minimum Gasteiger partial charge on any atom is -0.279 e. The highest BCUT2D eigenvalue weighted by Gasteiger charge is 2.30. The van der Waals surface area contributed by atoms with Gasteiger partial charge in [-0.05, 0) is 55.7 Å². The summed E-state index contributed by atoms with van der Waals surface area (Å²) in [6.45, 7) is 2.42. The van der Waals surface area contributed by atoms with E-state index in [1.807, 2.05) is 0 Å². The van der Waals surface area contributed by atoms with Crippen molar-refractivity contribution in [3.63, 3.8) is 0 Å². The normalized spacial score (nSPS) is 15.8. The van der Waals surface area contributed by atoms with Gasteiger partial charge in [-0.15, -0.1) is 0 Å². The van der Waals surface area contributed by atoms with E-state index in [2.05, 4.69) is 4.72 Å². The molecule has 1 heterocycles. The molecule has 10 heteroatoms. The van der Waals surface area contributed by atoms with Crippen LogP contribution in [0.2, 0.25) is 5.02 Å². The van der Waals surface area contributed by atoms with Gasteiger partial charge in [-0.1, -0.05) is 17.7 Å². The predicted octanol–water partition coefficient (Wildman–Crippen LogP) is 3.37. The van der Waals surface area contributed by atoms with Crippen molar-refractivity contribution in [2.75, 3.05) is 17.8 Å². The lowest BCUT2D eigenvalue weighted by molar-refractivity contribution is 0.477. The van der Waals surface area contributed by atoms with Gasteiger partial charge in [0, 0.05) is 13.1 Å². The average Bonchev–Trinajstić information content (AvgIpc) is 3.14. The summed E-state index contributed by atoms with van der Waals surface area (Å²) in [5.74, 6) is -0.896. The van der Waals surface area contributed by atoms with Crippen molar-refractivity contribution >= 4 is 37.3 Å². The summed E-state index contributed by atoms with van der Waals surface area (Å²) in [6.07, 6.45) is 1.52. The van der Waals surface area contributed by atoms with E-state index in [1.54, 1.807) is 6.92 Å². The number of aryl methyl sites for hydroxylation is 1. The quantitative estimate of drug-likeness (QED) is 0.785. The molecule has 0 saturated carbocycles. The minimum atomic E-state index is -4.24. The largest absolute Gasteiger partial charge is 0.279 e. The van der Waals surface area contributed by atoms with Crippen LogP contribution in [0.3, 0.4) is 0 Å². The summed E-state index contributed by atoms with van der Waals surface area (Å²) >= 11 is 6.05. The van der Waals surface area contributed by atoms with Crippen LogP contribution in [0.1, 0.15) is 18.4 Å². The van der Waals surface area contributed by atoms with Gasteiger partial charge in [0.05, 0.1) is 10.7 Å². The molecule has 0 spiro atoms. The minimum absolute atomic E-state index is 0.00779. The Morgan fingerprint density at radius 3 is 2.33 bits per heavy atom. The summed E-state index contributed by atoms with van der Waals surface area (Å²) in [4.78, 5) is -0.697. The molecule has 1 aliphatic rings. The number of halogens is 2. The number of benzene rings is 2. The molecule has 0 aliphatic carbocycles. The van der Waals surface area contributed by atoms with Crippen LogP contribution in [-0.4, -0.2) is 34.2 Å². The maximum absolute atomic E-state index is 14.0. The smallest absolute Gasteiger partial charge is 0.264 e. The molecule has 0 bridgehead atoms. The van der Waals surface area contributed by atoms with Gasteiger partial charge in [-0.3, -0.25) is 4.72 Å². The Kier molecular flexibility index (Phi) is 5.49. The summed E-state index contributed by atoms with van der Waals surface area (Å²) in [5.41, 5.74) is 0.559. The molecule has 1 N–H and O–H groups in total. The van der Waals surface area contributed by atoms with E-state index in [9.17, 15) is 21.2 Å². The van der Waals surface area contributed by atoms with Crippen LogP contribution in [0.5, 0.6) is 0 Å². The summed E-state index contributed by atoms with van der Waals surface area (Å²) in [7, 11) is -8.07. The van der Waals surface area contributed by atoms with Crippen LogP contribution >= 0.6 is 11.6 Å². The molecule has 0 aromatic heterocycles. The molecular formula is C17H18ClFN2O4S2. The topological polar surface area (TPSA) is 83.5 Å². The molecule has 3 rings (SSSR count). The van der Waals surface area contributed by atoms with Crippen molar-refractivity contribution in [3.05, 3.63) is 52.8 Å². The molecular weight excluding hydrogens is 415 g/mol. The van der Waals surface area contributed by atoms with E-state index in [1.165, 1.54) is 28.6 Å². The Morgan fingerprint density at radius 2 is 1.67 bits per heavy atom. The third kappa shape index (κ3) is 4.11. The number of hydrogen-bond donors (Lipinski definition) is 1. The van der Waals surface area contributed by atoms with E-state index in [-0.39, 0.29) is 15.6 Å². The van der Waals surface area contributed by atoms with Crippen LogP contribution in [0, 0.1) is 12.7 Å². The molecule has 0 amide bonds. The Bertz CT molecular complexity index is 1080. The number of hydrogen-bond acceptors (Lipinski definition) is 4. The number of nitrogens with zero attached hydrogens (tertiary/aromatic N) is 1. The second-order valence-corrected chi connectivity index (χ2v) is 10.3. The monoisotopic (exact) mass is 432 g/mol. The first-order chi connectivity index (χ1) is 12.6. The van der Waals surface area contributed by atoms with Crippen molar-refractivity contribution in [2.45, 2.75) is 29.6 Å². The zero-order valence-electron chi connectivity index (χ0n) is 14.4. The van der Waals surface area contributed by atoms with Gasteiger partial charge in [0.2, 0.25) is 10.0 Å². The molecule has 0 unspecified atom stereocenters. The maximum Gasteiger partial charge on any atom is 0.264 e. The highest BCUT2D eigenvalue weighted by Crippen LogP contribution is 2.30. The van der Waals surface area contributed by atoms with E-state index in [4.69, 9.17) is 11.6 Å². The molecule has 1 saturated heterocycles. The second-order valence-electron chi connectivity index (χ2n) is 6.30. The Hall–Kier alpha value is -1.68. The van der Waals surface area contributed by atoms with Crippen molar-refractivity contribution in [1.29, 1.82) is 0 Å². The molecule has 6 nitrogen and oxygen atoms in total. The fraction of sp³-hybridized carbons (Fsp3) is 0.294. The Labute approximate surface area is 163 Å². The second kappa shape index (κ2) is 7.38. The molecule has 2 aromatic rings.